The van der Waals surface area contributed by atoms with Crippen LogP contribution in [0.1, 0.15) is 10.5 Å². The lowest BCUT2D eigenvalue weighted by Gasteiger charge is -1.96. The number of hydrogen-bond donors (Lipinski definition) is 2. The van der Waals surface area contributed by atoms with Gasteiger partial charge in [0.15, 0.2) is 0 Å². The number of carboxylic acid groups (broad SMARTS) is 1. The van der Waals surface area contributed by atoms with Crippen LogP contribution in [0.25, 0.3) is 0 Å². The van der Waals surface area contributed by atoms with Gasteiger partial charge >= 0.3 is 11.8 Å². The van der Waals surface area contributed by atoms with Crippen LogP contribution in [-0.4, -0.2) is 31.1 Å². The monoisotopic (exact) mass is 185 g/mol. The average molecular weight is 185 g/mol. The number of carboxylic acids is 1. The molecular formula is C5H3N3O5. The molecule has 13 heavy (non-hydrogen) atoms. The Balaban J connectivity index is 3.35. The van der Waals surface area contributed by atoms with Crippen molar-refractivity contribution >= 4 is 11.8 Å². The second kappa shape index (κ2) is 3.01. The van der Waals surface area contributed by atoms with Gasteiger partial charge in [-0.15, -0.1) is 0 Å². The predicted molar refractivity (Wildman–Crippen MR) is 37.3 cm³/mol. The Morgan fingerprint density at radius 2 is 2.15 bits per heavy atom. The summed E-state index contributed by atoms with van der Waals surface area (Å²) in [5.74, 6) is -3.52. The second-order valence-corrected chi connectivity index (χ2v) is 1.96. The zero-order valence-electron chi connectivity index (χ0n) is 6.04. The number of aromatic carboxylic acids is 1. The lowest BCUT2D eigenvalue weighted by atomic mass is 10.3. The molecule has 0 aromatic carbocycles. The van der Waals surface area contributed by atoms with E-state index in [0.717, 1.165) is 0 Å². The van der Waals surface area contributed by atoms with Crippen molar-refractivity contribution in [3.05, 3.63) is 22.1 Å². The second-order valence-electron chi connectivity index (χ2n) is 1.96. The summed E-state index contributed by atoms with van der Waals surface area (Å²) >= 11 is 0. The van der Waals surface area contributed by atoms with Crippen molar-refractivity contribution in [2.75, 3.05) is 0 Å². The first-order chi connectivity index (χ1) is 6.04. The third-order valence-corrected chi connectivity index (χ3v) is 1.18. The number of nitrogens with zero attached hydrogens (tertiary/aromatic N) is 3. The molecule has 0 bridgehead atoms. The Morgan fingerprint density at radius 3 is 2.62 bits per heavy atom. The predicted octanol–water partition coefficient (Wildman–Crippen LogP) is -0.211. The number of hydrogen-bond acceptors (Lipinski definition) is 6. The maximum absolute atomic E-state index is 10.3. The highest BCUT2D eigenvalue weighted by molar-refractivity contribution is 5.89. The first-order valence-corrected chi connectivity index (χ1v) is 2.95. The third-order valence-electron chi connectivity index (χ3n) is 1.18. The van der Waals surface area contributed by atoms with Crippen molar-refractivity contribution in [2.45, 2.75) is 0 Å². The third kappa shape index (κ3) is 1.50. The normalized spacial score (nSPS) is 9.54. The van der Waals surface area contributed by atoms with Gasteiger partial charge in [-0.05, 0) is 9.91 Å². The standard InChI is InChI=1S/C5H3N3O5/c9-3-2(5(10)11)6-1-7-4(3)8(12)13/h1,9H,(H,10,11). The molecule has 0 radical (unpaired) electrons. The summed E-state index contributed by atoms with van der Waals surface area (Å²) in [6.45, 7) is 0. The Labute approximate surface area is 70.6 Å². The molecule has 2 N–H and O–H groups in total. The minimum atomic E-state index is -1.55. The van der Waals surface area contributed by atoms with Gasteiger partial charge in [-0.25, -0.2) is 9.78 Å². The van der Waals surface area contributed by atoms with Crippen LogP contribution in [0, 0.1) is 10.1 Å². The molecule has 0 saturated carbocycles. The smallest absolute Gasteiger partial charge is 0.410 e. The lowest BCUT2D eigenvalue weighted by Crippen LogP contribution is -2.04. The number of nitro groups is 1. The van der Waals surface area contributed by atoms with Crippen LogP contribution in [0.5, 0.6) is 5.75 Å². The number of rotatable bonds is 2. The Kier molecular flexibility index (Phi) is 2.05. The van der Waals surface area contributed by atoms with E-state index in [-0.39, 0.29) is 0 Å². The quantitative estimate of drug-likeness (QED) is 0.481. The molecule has 0 aliphatic heterocycles. The van der Waals surface area contributed by atoms with Gasteiger partial charge in [0.1, 0.15) is 0 Å². The molecule has 1 rings (SSSR count). The van der Waals surface area contributed by atoms with Gasteiger partial charge in [0.2, 0.25) is 17.8 Å². The summed E-state index contributed by atoms with van der Waals surface area (Å²) in [4.78, 5) is 25.7. The fourth-order valence-corrected chi connectivity index (χ4v) is 0.660. The Morgan fingerprint density at radius 1 is 1.54 bits per heavy atom. The van der Waals surface area contributed by atoms with Crippen molar-refractivity contribution in [2.24, 2.45) is 0 Å². The van der Waals surface area contributed by atoms with Crippen LogP contribution < -0.4 is 0 Å². The zero-order valence-corrected chi connectivity index (χ0v) is 6.04. The molecule has 0 amide bonds. The van der Waals surface area contributed by atoms with Crippen molar-refractivity contribution in [1.82, 2.24) is 9.97 Å². The van der Waals surface area contributed by atoms with Gasteiger partial charge in [-0.3, -0.25) is 0 Å². The van der Waals surface area contributed by atoms with E-state index in [9.17, 15) is 14.9 Å². The summed E-state index contributed by atoms with van der Waals surface area (Å²) in [5, 5.41) is 27.5. The van der Waals surface area contributed by atoms with Crippen LogP contribution in [0.3, 0.4) is 0 Å². The summed E-state index contributed by atoms with van der Waals surface area (Å²) in [6, 6.07) is 0. The van der Waals surface area contributed by atoms with Crippen LogP contribution in [0.2, 0.25) is 0 Å². The van der Waals surface area contributed by atoms with Gasteiger partial charge in [-0.2, -0.15) is 0 Å². The van der Waals surface area contributed by atoms with E-state index in [1.54, 1.807) is 0 Å². The zero-order chi connectivity index (χ0) is 10.0. The minimum Gasteiger partial charge on any atom is -0.499 e. The summed E-state index contributed by atoms with van der Waals surface area (Å²) in [6.07, 6.45) is 0.696. The fraction of sp³-hybridized carbons (Fsp3) is 0. The van der Waals surface area contributed by atoms with E-state index in [1.165, 1.54) is 0 Å². The van der Waals surface area contributed by atoms with E-state index in [2.05, 4.69) is 9.97 Å². The van der Waals surface area contributed by atoms with E-state index in [4.69, 9.17) is 10.2 Å². The number of aromatic nitrogens is 2. The highest BCUT2D eigenvalue weighted by atomic mass is 16.6. The molecule has 0 spiro atoms. The molecular weight excluding hydrogens is 182 g/mol. The van der Waals surface area contributed by atoms with Crippen LogP contribution >= 0.6 is 0 Å². The van der Waals surface area contributed by atoms with Crippen molar-refractivity contribution in [3.8, 4) is 5.75 Å². The summed E-state index contributed by atoms with van der Waals surface area (Å²) in [5.41, 5.74) is -0.790. The molecule has 0 fully saturated rings. The van der Waals surface area contributed by atoms with E-state index < -0.39 is 28.2 Å². The number of carbonyl (C=O) groups is 1. The Bertz CT molecular complexity index is 344. The molecule has 8 heteroatoms. The minimum absolute atomic E-state index is 0.696. The van der Waals surface area contributed by atoms with E-state index >= 15 is 0 Å². The summed E-state index contributed by atoms with van der Waals surface area (Å²) < 4.78 is 0. The molecule has 0 atom stereocenters. The first-order valence-electron chi connectivity index (χ1n) is 2.95. The fourth-order valence-electron chi connectivity index (χ4n) is 0.660. The van der Waals surface area contributed by atoms with E-state index in [0.29, 0.717) is 6.33 Å². The molecule has 8 nitrogen and oxygen atoms in total. The molecule has 68 valence electrons. The average Bonchev–Trinajstić information content (AvgIpc) is 2.03. The van der Waals surface area contributed by atoms with Gasteiger partial charge in [0, 0.05) is 0 Å². The van der Waals surface area contributed by atoms with Crippen molar-refractivity contribution < 1.29 is 19.9 Å². The SMILES string of the molecule is O=C(O)c1ncnc([N+](=O)[O-])c1O. The maximum atomic E-state index is 10.3. The van der Waals surface area contributed by atoms with Crippen molar-refractivity contribution in [1.29, 1.82) is 0 Å². The topological polar surface area (TPSA) is 126 Å². The van der Waals surface area contributed by atoms with Gasteiger partial charge in [0.05, 0.1) is 0 Å². The highest BCUT2D eigenvalue weighted by Gasteiger charge is 2.23. The van der Waals surface area contributed by atoms with Crippen LogP contribution in [0.15, 0.2) is 6.33 Å². The summed E-state index contributed by atoms with van der Waals surface area (Å²) in [7, 11) is 0. The first kappa shape index (κ1) is 8.84. The molecule has 0 saturated heterocycles. The lowest BCUT2D eigenvalue weighted by molar-refractivity contribution is -0.390. The van der Waals surface area contributed by atoms with Gasteiger partial charge in [0.25, 0.3) is 0 Å². The van der Waals surface area contributed by atoms with E-state index in [1.807, 2.05) is 0 Å². The molecule has 0 aliphatic carbocycles. The molecule has 1 aromatic rings. The molecule has 0 unspecified atom stereocenters. The van der Waals surface area contributed by atoms with Gasteiger partial charge < -0.3 is 20.3 Å². The van der Waals surface area contributed by atoms with Crippen LogP contribution in [0.4, 0.5) is 5.82 Å². The number of aromatic hydroxyl groups is 1. The van der Waals surface area contributed by atoms with Gasteiger partial charge in [-0.1, -0.05) is 0 Å². The molecule has 1 aromatic heterocycles. The highest BCUT2D eigenvalue weighted by Crippen LogP contribution is 2.24. The molecule has 1 heterocycles. The largest absolute Gasteiger partial charge is 0.499 e. The van der Waals surface area contributed by atoms with Crippen LogP contribution in [-0.2, 0) is 0 Å². The maximum Gasteiger partial charge on any atom is 0.410 e. The molecule has 0 aliphatic rings. The van der Waals surface area contributed by atoms with Crippen molar-refractivity contribution in [3.63, 3.8) is 0 Å². The Hall–Kier alpha value is -2.25.